The van der Waals surface area contributed by atoms with Crippen LogP contribution in [0.15, 0.2) is 0 Å². The summed E-state index contributed by atoms with van der Waals surface area (Å²) in [5.74, 6) is 0.667. The number of esters is 1. The molecule has 0 radical (unpaired) electrons. The Balaban J connectivity index is 2.17. The summed E-state index contributed by atoms with van der Waals surface area (Å²) in [6, 6.07) is 0.530. The standard InChI is InChI=1S/C13H25NO2/c1-11(14-10-9-13(15)16-2)12-7-5-3-4-6-8-12/h11-12,14H,3-10H2,1-2H3/t11-/m0/s1. The monoisotopic (exact) mass is 227 g/mol. The zero-order valence-corrected chi connectivity index (χ0v) is 10.6. The van der Waals surface area contributed by atoms with Gasteiger partial charge in [0.05, 0.1) is 13.5 Å². The quantitative estimate of drug-likeness (QED) is 0.579. The Kier molecular flexibility index (Phi) is 6.46. The molecule has 1 N–H and O–H groups in total. The lowest BCUT2D eigenvalue weighted by molar-refractivity contribution is -0.140. The van der Waals surface area contributed by atoms with Crippen LogP contribution in [0.2, 0.25) is 0 Å². The maximum Gasteiger partial charge on any atom is 0.306 e. The van der Waals surface area contributed by atoms with Crippen molar-refractivity contribution in [2.45, 2.75) is 57.9 Å². The molecule has 0 amide bonds. The first kappa shape index (κ1) is 13.5. The van der Waals surface area contributed by atoms with Gasteiger partial charge in [0.2, 0.25) is 0 Å². The molecule has 1 aliphatic rings. The highest BCUT2D eigenvalue weighted by Crippen LogP contribution is 2.25. The van der Waals surface area contributed by atoms with Gasteiger partial charge in [-0.2, -0.15) is 0 Å². The number of nitrogens with one attached hydrogen (secondary N) is 1. The molecule has 1 atom stereocenters. The topological polar surface area (TPSA) is 38.3 Å². The number of rotatable bonds is 5. The van der Waals surface area contributed by atoms with Crippen molar-refractivity contribution in [2.75, 3.05) is 13.7 Å². The minimum atomic E-state index is -0.124. The number of carbonyl (C=O) groups is 1. The predicted octanol–water partition coefficient (Wildman–Crippen LogP) is 2.50. The van der Waals surface area contributed by atoms with Crippen molar-refractivity contribution in [1.82, 2.24) is 5.32 Å². The Morgan fingerprint density at radius 2 is 1.94 bits per heavy atom. The van der Waals surface area contributed by atoms with Crippen LogP contribution >= 0.6 is 0 Å². The molecule has 0 aromatic carbocycles. The van der Waals surface area contributed by atoms with E-state index in [0.717, 1.165) is 12.5 Å². The van der Waals surface area contributed by atoms with Crippen molar-refractivity contribution >= 4 is 5.97 Å². The van der Waals surface area contributed by atoms with Gasteiger partial charge in [0.15, 0.2) is 0 Å². The SMILES string of the molecule is COC(=O)CCN[C@@H](C)C1CCCCCC1. The third-order valence-corrected chi connectivity index (χ3v) is 3.63. The van der Waals surface area contributed by atoms with E-state index in [0.29, 0.717) is 12.5 Å². The summed E-state index contributed by atoms with van der Waals surface area (Å²) in [5.41, 5.74) is 0. The highest BCUT2D eigenvalue weighted by Gasteiger charge is 2.18. The lowest BCUT2D eigenvalue weighted by atomic mass is 9.93. The van der Waals surface area contributed by atoms with Crippen LogP contribution in [0, 0.1) is 5.92 Å². The van der Waals surface area contributed by atoms with Gasteiger partial charge >= 0.3 is 5.97 Å². The van der Waals surface area contributed by atoms with Crippen LogP contribution in [0.25, 0.3) is 0 Å². The summed E-state index contributed by atoms with van der Waals surface area (Å²) < 4.78 is 4.62. The predicted molar refractivity (Wildman–Crippen MR) is 65.3 cm³/mol. The zero-order chi connectivity index (χ0) is 11.8. The minimum absolute atomic E-state index is 0.124. The maximum absolute atomic E-state index is 11.0. The number of methoxy groups -OCH3 is 1. The van der Waals surface area contributed by atoms with Gasteiger partial charge in [0.1, 0.15) is 0 Å². The molecule has 0 aromatic rings. The number of carbonyl (C=O) groups excluding carboxylic acids is 1. The van der Waals surface area contributed by atoms with Crippen molar-refractivity contribution in [3.8, 4) is 0 Å². The second-order valence-electron chi connectivity index (χ2n) is 4.82. The molecule has 1 aliphatic carbocycles. The summed E-state index contributed by atoms with van der Waals surface area (Å²) in [7, 11) is 1.44. The van der Waals surface area contributed by atoms with E-state index in [-0.39, 0.29) is 5.97 Å². The average molecular weight is 227 g/mol. The number of ether oxygens (including phenoxy) is 1. The average Bonchev–Trinajstić information content (AvgIpc) is 2.57. The molecule has 0 unspecified atom stereocenters. The van der Waals surface area contributed by atoms with Gasteiger partial charge in [0, 0.05) is 12.6 Å². The number of hydrogen-bond acceptors (Lipinski definition) is 3. The summed E-state index contributed by atoms with van der Waals surface area (Å²) in [6.07, 6.45) is 8.68. The minimum Gasteiger partial charge on any atom is -0.469 e. The Morgan fingerprint density at radius 1 is 1.31 bits per heavy atom. The van der Waals surface area contributed by atoms with Gasteiger partial charge in [-0.1, -0.05) is 25.7 Å². The molecule has 3 heteroatoms. The van der Waals surface area contributed by atoms with Crippen molar-refractivity contribution < 1.29 is 9.53 Å². The molecule has 3 nitrogen and oxygen atoms in total. The van der Waals surface area contributed by atoms with E-state index in [2.05, 4.69) is 17.0 Å². The summed E-state index contributed by atoms with van der Waals surface area (Å²) in [5, 5.41) is 3.44. The molecule has 1 fully saturated rings. The van der Waals surface area contributed by atoms with Crippen LogP contribution in [0.4, 0.5) is 0 Å². The van der Waals surface area contributed by atoms with E-state index >= 15 is 0 Å². The lowest BCUT2D eigenvalue weighted by Crippen LogP contribution is -2.34. The molecule has 1 saturated carbocycles. The van der Waals surface area contributed by atoms with Crippen LogP contribution in [0.3, 0.4) is 0 Å². The maximum atomic E-state index is 11.0. The van der Waals surface area contributed by atoms with Crippen LogP contribution < -0.4 is 5.32 Å². The molecular formula is C13H25NO2. The van der Waals surface area contributed by atoms with Gasteiger partial charge in [-0.3, -0.25) is 4.79 Å². The molecule has 0 saturated heterocycles. The Morgan fingerprint density at radius 3 is 2.50 bits per heavy atom. The van der Waals surface area contributed by atoms with E-state index < -0.39 is 0 Å². The Labute approximate surface area is 98.9 Å². The van der Waals surface area contributed by atoms with E-state index in [1.54, 1.807) is 0 Å². The molecule has 16 heavy (non-hydrogen) atoms. The van der Waals surface area contributed by atoms with Gasteiger partial charge < -0.3 is 10.1 Å². The summed E-state index contributed by atoms with van der Waals surface area (Å²) in [4.78, 5) is 11.0. The van der Waals surface area contributed by atoms with E-state index in [1.807, 2.05) is 0 Å². The first-order valence-electron chi connectivity index (χ1n) is 6.54. The normalized spacial score (nSPS) is 20.1. The van der Waals surface area contributed by atoms with Crippen molar-refractivity contribution in [3.63, 3.8) is 0 Å². The molecular weight excluding hydrogens is 202 g/mol. The molecule has 94 valence electrons. The van der Waals surface area contributed by atoms with Crippen LogP contribution in [-0.4, -0.2) is 25.7 Å². The molecule has 0 heterocycles. The van der Waals surface area contributed by atoms with Crippen molar-refractivity contribution in [1.29, 1.82) is 0 Å². The second kappa shape index (κ2) is 7.66. The zero-order valence-electron chi connectivity index (χ0n) is 10.6. The van der Waals surface area contributed by atoms with Crippen LogP contribution in [-0.2, 0) is 9.53 Å². The van der Waals surface area contributed by atoms with Gasteiger partial charge in [-0.05, 0) is 25.7 Å². The largest absolute Gasteiger partial charge is 0.469 e. The molecule has 0 spiro atoms. The molecule has 0 aliphatic heterocycles. The lowest BCUT2D eigenvalue weighted by Gasteiger charge is -2.23. The molecule has 0 aromatic heterocycles. The smallest absolute Gasteiger partial charge is 0.306 e. The first-order chi connectivity index (χ1) is 7.74. The second-order valence-corrected chi connectivity index (χ2v) is 4.82. The van der Waals surface area contributed by atoms with Crippen LogP contribution in [0.5, 0.6) is 0 Å². The summed E-state index contributed by atoms with van der Waals surface area (Å²) >= 11 is 0. The van der Waals surface area contributed by atoms with E-state index in [4.69, 9.17) is 0 Å². The van der Waals surface area contributed by atoms with Crippen molar-refractivity contribution in [2.24, 2.45) is 5.92 Å². The number of hydrogen-bond donors (Lipinski definition) is 1. The van der Waals surface area contributed by atoms with E-state index in [1.165, 1.54) is 45.6 Å². The summed E-state index contributed by atoms with van der Waals surface area (Å²) in [6.45, 7) is 2.98. The first-order valence-corrected chi connectivity index (χ1v) is 6.54. The Bertz CT molecular complexity index is 198. The van der Waals surface area contributed by atoms with Gasteiger partial charge in [-0.25, -0.2) is 0 Å². The third-order valence-electron chi connectivity index (χ3n) is 3.63. The highest BCUT2D eigenvalue weighted by molar-refractivity contribution is 5.69. The molecule has 0 bridgehead atoms. The molecule has 1 rings (SSSR count). The highest BCUT2D eigenvalue weighted by atomic mass is 16.5. The van der Waals surface area contributed by atoms with Gasteiger partial charge in [-0.15, -0.1) is 0 Å². The van der Waals surface area contributed by atoms with Gasteiger partial charge in [0.25, 0.3) is 0 Å². The van der Waals surface area contributed by atoms with Crippen molar-refractivity contribution in [3.05, 3.63) is 0 Å². The third kappa shape index (κ3) is 4.97. The fraction of sp³-hybridized carbons (Fsp3) is 0.923. The van der Waals surface area contributed by atoms with Crippen LogP contribution in [0.1, 0.15) is 51.9 Å². The fourth-order valence-electron chi connectivity index (χ4n) is 2.48. The Hall–Kier alpha value is -0.570. The fourth-order valence-corrected chi connectivity index (χ4v) is 2.48. The van der Waals surface area contributed by atoms with E-state index in [9.17, 15) is 4.79 Å².